The van der Waals surface area contributed by atoms with Crippen molar-refractivity contribution in [2.75, 3.05) is 20.2 Å². The number of benzene rings is 4. The maximum Gasteiger partial charge on any atom is 0.271 e. The monoisotopic (exact) mass is 543 g/mol. The van der Waals surface area contributed by atoms with E-state index < -0.39 is 5.91 Å². The van der Waals surface area contributed by atoms with E-state index in [-0.39, 0.29) is 28.8 Å². The van der Waals surface area contributed by atoms with Crippen molar-refractivity contribution in [1.82, 2.24) is 10.3 Å². The van der Waals surface area contributed by atoms with Gasteiger partial charge >= 0.3 is 0 Å². The lowest BCUT2D eigenvalue weighted by Crippen LogP contribution is -2.33. The van der Waals surface area contributed by atoms with Crippen LogP contribution < -0.4 is 10.2 Å². The summed E-state index contributed by atoms with van der Waals surface area (Å²) in [6, 6.07) is 21.8. The van der Waals surface area contributed by atoms with Gasteiger partial charge < -0.3 is 14.7 Å². The molecule has 0 saturated carbocycles. The number of ether oxygens (including phenoxy) is 1. The largest absolute Gasteiger partial charge is 0.506 e. The highest BCUT2D eigenvalue weighted by Crippen LogP contribution is 2.28. The van der Waals surface area contributed by atoms with Gasteiger partial charge in [0.05, 0.1) is 11.2 Å². The molecule has 4 rings (SSSR count). The first kappa shape index (κ1) is 27.7. The molecule has 4 aromatic carbocycles. The number of hydrogen-bond acceptors (Lipinski definition) is 5. The average Bonchev–Trinajstić information content (AvgIpc) is 2.94. The van der Waals surface area contributed by atoms with E-state index in [0.29, 0.717) is 12.3 Å². The molecule has 2 amide bonds. The third-order valence-corrected chi connectivity index (χ3v) is 6.88. The normalized spacial score (nSPS) is 11.1. The van der Waals surface area contributed by atoms with Crippen molar-refractivity contribution < 1.29 is 19.4 Å². The molecular weight excluding hydrogens is 514 g/mol. The van der Waals surface area contributed by atoms with Crippen LogP contribution in [0.15, 0.2) is 77.9 Å². The highest BCUT2D eigenvalue weighted by molar-refractivity contribution is 6.32. The number of aryl methyl sites for hydroxylation is 2. The van der Waals surface area contributed by atoms with Gasteiger partial charge in [-0.3, -0.25) is 9.59 Å². The Hall–Kier alpha value is -4.36. The van der Waals surface area contributed by atoms with Crippen LogP contribution in [-0.4, -0.2) is 48.2 Å². The maximum atomic E-state index is 12.7. The molecule has 0 unspecified atom stereocenters. The van der Waals surface area contributed by atoms with Crippen molar-refractivity contribution in [1.29, 1.82) is 0 Å². The smallest absolute Gasteiger partial charge is 0.271 e. The molecule has 0 aliphatic carbocycles. The molecule has 4 aromatic rings. The van der Waals surface area contributed by atoms with Crippen molar-refractivity contribution in [2.45, 2.75) is 20.3 Å². The van der Waals surface area contributed by atoms with Crippen molar-refractivity contribution in [3.8, 4) is 11.5 Å². The molecule has 8 heteroatoms. The van der Waals surface area contributed by atoms with E-state index in [4.69, 9.17) is 16.3 Å². The second-order valence-electron chi connectivity index (χ2n) is 9.34. The van der Waals surface area contributed by atoms with Crippen molar-refractivity contribution >= 4 is 40.4 Å². The molecule has 7 nitrogen and oxygen atoms in total. The number of likely N-dealkylation sites (N-methyl/N-ethyl adjacent to an activating group) is 1. The first-order valence-corrected chi connectivity index (χ1v) is 12.9. The highest BCUT2D eigenvalue weighted by Gasteiger charge is 2.13. The SMILES string of the molecule is Cc1ccc(CCN(C)C(=O)COc2ccc(/C=N/NC(=O)c3ccc(O)c(Cl)c3)c3ccccc23)cc1C. The second-order valence-corrected chi connectivity index (χ2v) is 9.74. The number of hydrazone groups is 1. The van der Waals surface area contributed by atoms with Gasteiger partial charge in [-0.25, -0.2) is 5.43 Å². The number of amides is 2. The van der Waals surface area contributed by atoms with Gasteiger partial charge in [0.15, 0.2) is 6.61 Å². The van der Waals surface area contributed by atoms with Gasteiger partial charge in [-0.1, -0.05) is 54.1 Å². The number of rotatable bonds is 9. The molecule has 0 spiro atoms. The van der Waals surface area contributed by atoms with E-state index >= 15 is 0 Å². The van der Waals surface area contributed by atoms with Gasteiger partial charge in [-0.05, 0) is 72.7 Å². The Kier molecular flexibility index (Phi) is 8.84. The summed E-state index contributed by atoms with van der Waals surface area (Å²) in [6.07, 6.45) is 2.31. The predicted octanol–water partition coefficient (Wildman–Crippen LogP) is 5.66. The Labute approximate surface area is 232 Å². The fourth-order valence-electron chi connectivity index (χ4n) is 4.04. The van der Waals surface area contributed by atoms with Crippen LogP contribution in [0.5, 0.6) is 11.5 Å². The Bertz CT molecular complexity index is 1550. The lowest BCUT2D eigenvalue weighted by atomic mass is 10.0. The van der Waals surface area contributed by atoms with Crippen molar-refractivity contribution in [3.05, 3.63) is 106 Å². The quantitative estimate of drug-likeness (QED) is 0.210. The van der Waals surface area contributed by atoms with Crippen molar-refractivity contribution in [3.63, 3.8) is 0 Å². The molecule has 0 radical (unpaired) electrons. The topological polar surface area (TPSA) is 91.2 Å². The summed E-state index contributed by atoms with van der Waals surface area (Å²) in [4.78, 5) is 26.8. The van der Waals surface area contributed by atoms with Gasteiger partial charge in [-0.2, -0.15) is 5.10 Å². The summed E-state index contributed by atoms with van der Waals surface area (Å²) in [5.41, 5.74) is 7.20. The number of nitrogens with zero attached hydrogens (tertiary/aromatic N) is 2. The summed E-state index contributed by atoms with van der Waals surface area (Å²) in [6.45, 7) is 4.70. The maximum absolute atomic E-state index is 12.7. The molecule has 0 atom stereocenters. The summed E-state index contributed by atoms with van der Waals surface area (Å²) >= 11 is 5.88. The molecule has 0 aliphatic rings. The van der Waals surface area contributed by atoms with Gasteiger partial charge in [0, 0.05) is 30.1 Å². The number of aromatic hydroxyl groups is 1. The van der Waals surface area contributed by atoms with Crippen LogP contribution in [0, 0.1) is 13.8 Å². The molecule has 0 fully saturated rings. The third-order valence-electron chi connectivity index (χ3n) is 6.58. The lowest BCUT2D eigenvalue weighted by molar-refractivity contribution is -0.132. The Balaban J connectivity index is 1.38. The number of carbonyl (C=O) groups excluding carboxylic acids is 2. The highest BCUT2D eigenvalue weighted by atomic mass is 35.5. The number of fused-ring (bicyclic) bond motifs is 1. The lowest BCUT2D eigenvalue weighted by Gasteiger charge is -2.18. The van der Waals surface area contributed by atoms with Crippen LogP contribution in [0.4, 0.5) is 0 Å². The minimum absolute atomic E-state index is 0.0773. The fourth-order valence-corrected chi connectivity index (χ4v) is 4.22. The van der Waals surface area contributed by atoms with Gasteiger partial charge in [0.2, 0.25) is 0 Å². The predicted molar refractivity (Wildman–Crippen MR) is 155 cm³/mol. The van der Waals surface area contributed by atoms with Crippen LogP contribution >= 0.6 is 11.6 Å². The molecule has 39 heavy (non-hydrogen) atoms. The number of carbonyl (C=O) groups is 2. The van der Waals surface area contributed by atoms with Crippen LogP contribution in [0.3, 0.4) is 0 Å². The number of hydrogen-bond donors (Lipinski definition) is 2. The molecule has 0 saturated heterocycles. The molecular formula is C31H30ClN3O4. The van der Waals surface area contributed by atoms with E-state index in [2.05, 4.69) is 42.6 Å². The second kappa shape index (κ2) is 12.5. The van der Waals surface area contributed by atoms with Gasteiger partial charge in [0.25, 0.3) is 11.8 Å². The van der Waals surface area contributed by atoms with E-state index in [1.807, 2.05) is 30.3 Å². The van der Waals surface area contributed by atoms with Crippen LogP contribution in [-0.2, 0) is 11.2 Å². The van der Waals surface area contributed by atoms with E-state index in [1.165, 1.54) is 41.1 Å². The standard InChI is InChI=1S/C31H30ClN3O4/c1-20-8-9-22(16-21(20)2)14-15-35(3)30(37)19-39-29-13-11-24(25-6-4-5-7-26(25)29)18-33-34-31(38)23-10-12-28(36)27(32)17-23/h4-13,16-18,36H,14-15,19H2,1-3H3,(H,34,38)/b33-18+. The molecule has 0 heterocycles. The van der Waals surface area contributed by atoms with E-state index in [9.17, 15) is 14.7 Å². The van der Waals surface area contributed by atoms with Gasteiger partial charge in [0.1, 0.15) is 11.5 Å². The summed E-state index contributed by atoms with van der Waals surface area (Å²) in [5.74, 6) is -0.0826. The number of nitrogens with one attached hydrogen (secondary N) is 1. The fraction of sp³-hybridized carbons (Fsp3) is 0.194. The van der Waals surface area contributed by atoms with Crippen LogP contribution in [0.1, 0.15) is 32.6 Å². The third kappa shape index (κ3) is 6.94. The average molecular weight is 544 g/mol. The summed E-state index contributed by atoms with van der Waals surface area (Å²) in [5, 5.41) is 15.4. The molecule has 200 valence electrons. The zero-order valence-electron chi connectivity index (χ0n) is 22.1. The number of halogens is 1. The molecule has 0 aromatic heterocycles. The van der Waals surface area contributed by atoms with E-state index in [0.717, 1.165) is 22.8 Å². The first-order chi connectivity index (χ1) is 18.7. The number of phenolic OH excluding ortho intramolecular Hbond substituents is 1. The minimum Gasteiger partial charge on any atom is -0.506 e. The Morgan fingerprint density at radius 1 is 1.00 bits per heavy atom. The Morgan fingerprint density at radius 2 is 1.77 bits per heavy atom. The molecule has 0 bridgehead atoms. The zero-order chi connectivity index (χ0) is 27.9. The van der Waals surface area contributed by atoms with Crippen molar-refractivity contribution in [2.24, 2.45) is 5.10 Å². The van der Waals surface area contributed by atoms with E-state index in [1.54, 1.807) is 18.0 Å². The Morgan fingerprint density at radius 3 is 2.51 bits per heavy atom. The first-order valence-electron chi connectivity index (χ1n) is 12.5. The van der Waals surface area contributed by atoms with Crippen LogP contribution in [0.25, 0.3) is 10.8 Å². The summed E-state index contributed by atoms with van der Waals surface area (Å²) < 4.78 is 5.93. The van der Waals surface area contributed by atoms with Gasteiger partial charge in [-0.15, -0.1) is 0 Å². The zero-order valence-corrected chi connectivity index (χ0v) is 22.8. The molecule has 2 N–H and O–H groups in total. The number of phenols is 1. The van der Waals surface area contributed by atoms with Crippen LogP contribution in [0.2, 0.25) is 5.02 Å². The minimum atomic E-state index is -0.461. The molecule has 0 aliphatic heterocycles. The summed E-state index contributed by atoms with van der Waals surface area (Å²) in [7, 11) is 1.78.